The van der Waals surface area contributed by atoms with Crippen LogP contribution >= 0.6 is 0 Å². The standard InChI is InChI=1S/C18H20N2O5.Y/c1-10-7-14(5-6-16(10)17(23)11(2)12(3)21)20-9-15(25-18(20)24)8-19-13(4)22;/h5-7,11,15H,1-2,8-9H2,3-4H3,(H,19,22);/q-2;/t11?,15-;/m0./s1. The SMILES string of the molecule is [CH2-]c1cc(N2C[C@H](CNC(C)=O)OC2=O)ccc1C(=O)C([CH2-])C(C)=O.[Y]. The second kappa shape index (κ2) is 9.28. The van der Waals surface area contributed by atoms with Gasteiger partial charge in [0, 0.05) is 39.6 Å². The molecule has 1 unspecified atom stereocenters. The van der Waals surface area contributed by atoms with Crippen LogP contribution in [0.1, 0.15) is 29.8 Å². The quantitative estimate of drug-likeness (QED) is 0.418. The number of rotatable bonds is 6. The maximum absolute atomic E-state index is 12.2. The Balaban J connectivity index is 0.00000338. The summed E-state index contributed by atoms with van der Waals surface area (Å²) in [5, 5.41) is 2.60. The van der Waals surface area contributed by atoms with Crippen molar-refractivity contribution < 1.29 is 56.6 Å². The first-order valence-electron chi connectivity index (χ1n) is 7.77. The van der Waals surface area contributed by atoms with Gasteiger partial charge in [-0.15, -0.1) is 12.1 Å². The molecule has 1 fully saturated rings. The van der Waals surface area contributed by atoms with Gasteiger partial charge in [0.2, 0.25) is 5.91 Å². The zero-order valence-electron chi connectivity index (χ0n) is 14.8. The van der Waals surface area contributed by atoms with Gasteiger partial charge in [0.15, 0.2) is 0 Å². The van der Waals surface area contributed by atoms with Crippen molar-refractivity contribution in [2.45, 2.75) is 20.0 Å². The molecule has 2 atom stereocenters. The summed E-state index contributed by atoms with van der Waals surface area (Å²) in [6.07, 6.45) is -0.986. The molecule has 2 amide bonds. The van der Waals surface area contributed by atoms with E-state index in [0.717, 1.165) is 0 Å². The molecule has 0 saturated carbocycles. The van der Waals surface area contributed by atoms with Crippen LogP contribution in [-0.2, 0) is 47.0 Å². The molecule has 1 aromatic carbocycles. The van der Waals surface area contributed by atoms with Crippen molar-refractivity contribution in [2.75, 3.05) is 18.0 Å². The summed E-state index contributed by atoms with van der Waals surface area (Å²) in [5.74, 6) is -1.91. The van der Waals surface area contributed by atoms with E-state index in [1.165, 1.54) is 24.8 Å². The van der Waals surface area contributed by atoms with Crippen molar-refractivity contribution in [3.8, 4) is 0 Å². The molecule has 1 aromatic rings. The minimum atomic E-state index is -0.981. The molecule has 2 rings (SSSR count). The first-order valence-corrected chi connectivity index (χ1v) is 7.77. The zero-order valence-corrected chi connectivity index (χ0v) is 17.6. The van der Waals surface area contributed by atoms with E-state index in [1.807, 2.05) is 0 Å². The van der Waals surface area contributed by atoms with E-state index in [2.05, 4.69) is 19.2 Å². The number of carbonyl (C=O) groups excluding carboxylic acids is 4. The molecular formula is C18H20N2O5Y-2. The largest absolute Gasteiger partial charge is 0.442 e. The second-order valence-electron chi connectivity index (χ2n) is 5.92. The average Bonchev–Trinajstić information content (AvgIpc) is 2.92. The van der Waals surface area contributed by atoms with Gasteiger partial charge in [0.05, 0.1) is 18.9 Å². The Kier molecular flexibility index (Phi) is 7.96. The molecule has 7 nitrogen and oxygen atoms in total. The number of nitrogens with one attached hydrogen (secondary N) is 1. The zero-order chi connectivity index (χ0) is 18.7. The third-order valence-corrected chi connectivity index (χ3v) is 3.93. The number of cyclic esters (lactones) is 1. The van der Waals surface area contributed by atoms with Crippen LogP contribution in [0.4, 0.5) is 10.5 Å². The predicted octanol–water partition coefficient (Wildman–Crippen LogP) is 1.55. The van der Waals surface area contributed by atoms with Crippen molar-refractivity contribution >= 4 is 29.3 Å². The fourth-order valence-corrected chi connectivity index (χ4v) is 2.46. The van der Waals surface area contributed by atoms with Crippen molar-refractivity contribution in [1.82, 2.24) is 5.32 Å². The van der Waals surface area contributed by atoms with E-state index >= 15 is 0 Å². The minimum Gasteiger partial charge on any atom is -0.442 e. The monoisotopic (exact) mass is 433 g/mol. The van der Waals surface area contributed by atoms with Crippen LogP contribution in [0.25, 0.3) is 0 Å². The molecule has 8 heteroatoms. The first kappa shape index (κ1) is 22.3. The molecule has 1 N–H and O–H groups in total. The van der Waals surface area contributed by atoms with Gasteiger partial charge >= 0.3 is 6.09 Å². The number of Topliss-reactive ketones (excluding diaryl/α,β-unsaturated/α-hetero) is 2. The summed E-state index contributed by atoms with van der Waals surface area (Å²) >= 11 is 0. The van der Waals surface area contributed by atoms with E-state index in [9.17, 15) is 19.2 Å². The molecule has 1 aliphatic heterocycles. The smallest absolute Gasteiger partial charge is 0.413 e. The normalized spacial score (nSPS) is 17.1. The number of hydrogen-bond acceptors (Lipinski definition) is 5. The van der Waals surface area contributed by atoms with E-state index in [0.29, 0.717) is 16.8 Å². The third kappa shape index (κ3) is 5.14. The van der Waals surface area contributed by atoms with Gasteiger partial charge in [0.25, 0.3) is 0 Å². The topological polar surface area (TPSA) is 92.8 Å². The maximum atomic E-state index is 12.2. The van der Waals surface area contributed by atoms with Crippen LogP contribution in [-0.4, -0.2) is 42.8 Å². The van der Waals surface area contributed by atoms with Gasteiger partial charge in [-0.2, -0.15) is 12.5 Å². The summed E-state index contributed by atoms with van der Waals surface area (Å²) in [6, 6.07) is 4.70. The maximum Gasteiger partial charge on any atom is 0.413 e. The first-order chi connectivity index (χ1) is 11.7. The van der Waals surface area contributed by atoms with Crippen LogP contribution < -0.4 is 10.2 Å². The average molecular weight is 433 g/mol. The van der Waals surface area contributed by atoms with Crippen LogP contribution in [0.2, 0.25) is 0 Å². The summed E-state index contributed by atoms with van der Waals surface area (Å²) in [6.45, 7) is 10.6. The van der Waals surface area contributed by atoms with E-state index in [-0.39, 0.29) is 57.5 Å². The van der Waals surface area contributed by atoms with E-state index < -0.39 is 23.9 Å². The molecule has 1 aliphatic rings. The number of amides is 2. The number of anilines is 1. The second-order valence-corrected chi connectivity index (χ2v) is 5.92. The summed E-state index contributed by atoms with van der Waals surface area (Å²) in [4.78, 5) is 47.9. The fourth-order valence-electron chi connectivity index (χ4n) is 2.46. The Bertz CT molecular complexity index is 734. The number of ether oxygens (including phenoxy) is 1. The molecular weight excluding hydrogens is 413 g/mol. The third-order valence-electron chi connectivity index (χ3n) is 3.93. The van der Waals surface area contributed by atoms with Crippen molar-refractivity contribution in [3.63, 3.8) is 0 Å². The van der Waals surface area contributed by atoms with Crippen LogP contribution in [0.15, 0.2) is 18.2 Å². The molecule has 0 spiro atoms. The predicted molar refractivity (Wildman–Crippen MR) is 91.1 cm³/mol. The summed E-state index contributed by atoms with van der Waals surface area (Å²) in [5.41, 5.74) is 1.22. The van der Waals surface area contributed by atoms with Crippen molar-refractivity contribution in [3.05, 3.63) is 43.2 Å². The summed E-state index contributed by atoms with van der Waals surface area (Å²) < 4.78 is 5.20. The number of ketones is 2. The van der Waals surface area contributed by atoms with Gasteiger partial charge < -0.3 is 26.6 Å². The Hall–Kier alpha value is -1.73. The molecule has 0 bridgehead atoms. The minimum absolute atomic E-state index is 0. The van der Waals surface area contributed by atoms with Crippen LogP contribution in [0.5, 0.6) is 0 Å². The molecule has 1 saturated heterocycles. The van der Waals surface area contributed by atoms with Gasteiger partial charge in [-0.05, 0) is 12.6 Å². The Morgan fingerprint density at radius 3 is 2.54 bits per heavy atom. The number of benzene rings is 1. The Morgan fingerprint density at radius 1 is 1.35 bits per heavy atom. The van der Waals surface area contributed by atoms with Gasteiger partial charge in [-0.1, -0.05) is 17.5 Å². The summed E-state index contributed by atoms with van der Waals surface area (Å²) in [7, 11) is 0. The van der Waals surface area contributed by atoms with Crippen molar-refractivity contribution in [1.29, 1.82) is 0 Å². The molecule has 0 aliphatic carbocycles. The van der Waals surface area contributed by atoms with Crippen molar-refractivity contribution in [2.24, 2.45) is 5.92 Å². The molecule has 26 heavy (non-hydrogen) atoms. The number of carbonyl (C=O) groups is 4. The molecule has 1 heterocycles. The number of nitrogens with zero attached hydrogens (tertiary/aromatic N) is 1. The molecule has 137 valence electrons. The van der Waals surface area contributed by atoms with Gasteiger partial charge in [0.1, 0.15) is 11.9 Å². The Labute approximate surface area is 177 Å². The molecule has 0 aromatic heterocycles. The fraction of sp³-hybridized carbons (Fsp3) is 0.333. The van der Waals surface area contributed by atoms with E-state index in [4.69, 9.17) is 4.74 Å². The van der Waals surface area contributed by atoms with Crippen LogP contribution in [0, 0.1) is 19.8 Å². The van der Waals surface area contributed by atoms with Gasteiger partial charge in [-0.3, -0.25) is 9.69 Å². The van der Waals surface area contributed by atoms with E-state index in [1.54, 1.807) is 12.1 Å². The van der Waals surface area contributed by atoms with Crippen LogP contribution in [0.3, 0.4) is 0 Å². The van der Waals surface area contributed by atoms with Gasteiger partial charge in [-0.25, -0.2) is 4.79 Å². The Morgan fingerprint density at radius 2 is 2.00 bits per heavy atom. The number of hydrogen-bond donors (Lipinski definition) is 1. The molecule has 1 radical (unpaired) electrons.